The van der Waals surface area contributed by atoms with Crippen molar-refractivity contribution in [2.75, 3.05) is 37.8 Å². The molecule has 2 heterocycles. The lowest BCUT2D eigenvalue weighted by atomic mass is 10.2. The number of carbonyl (C=O) groups is 1. The second kappa shape index (κ2) is 5.38. The normalized spacial score (nSPS) is 27.7. The van der Waals surface area contributed by atoms with Crippen LogP contribution in [0.1, 0.15) is 13.8 Å². The monoisotopic (exact) mass is 243 g/mol. The summed E-state index contributed by atoms with van der Waals surface area (Å²) >= 11 is 1.81. The van der Waals surface area contributed by atoms with Crippen molar-refractivity contribution in [1.29, 1.82) is 0 Å². The van der Waals surface area contributed by atoms with Gasteiger partial charge in [-0.2, -0.15) is 0 Å². The first-order chi connectivity index (χ1) is 7.68. The van der Waals surface area contributed by atoms with Gasteiger partial charge in [0.2, 0.25) is 5.91 Å². The van der Waals surface area contributed by atoms with Gasteiger partial charge in [0.05, 0.1) is 6.04 Å². The predicted molar refractivity (Wildman–Crippen MR) is 67.5 cm³/mol. The van der Waals surface area contributed by atoms with Crippen LogP contribution in [0.4, 0.5) is 0 Å². The molecule has 16 heavy (non-hydrogen) atoms. The molecule has 0 spiro atoms. The maximum Gasteiger partial charge on any atom is 0.240 e. The average molecular weight is 243 g/mol. The number of nitrogens with one attached hydrogen (secondary N) is 1. The highest BCUT2D eigenvalue weighted by atomic mass is 32.2. The van der Waals surface area contributed by atoms with E-state index in [2.05, 4.69) is 24.1 Å². The van der Waals surface area contributed by atoms with E-state index in [1.807, 2.05) is 16.7 Å². The fourth-order valence-electron chi connectivity index (χ4n) is 2.23. The van der Waals surface area contributed by atoms with Crippen molar-refractivity contribution >= 4 is 17.7 Å². The van der Waals surface area contributed by atoms with Gasteiger partial charge < -0.3 is 4.90 Å². The standard InChI is InChI=1S/C11H21N3OS/c1-9(2)13-3-5-14(6-4-13)11(15)10-7-16-8-12-10/h9-10,12H,3-8H2,1-2H3. The zero-order chi connectivity index (χ0) is 11.5. The molecule has 0 aromatic heterocycles. The largest absolute Gasteiger partial charge is 0.339 e. The van der Waals surface area contributed by atoms with Gasteiger partial charge in [-0.05, 0) is 13.8 Å². The molecular formula is C11H21N3OS. The first-order valence-electron chi connectivity index (χ1n) is 6.02. The quantitative estimate of drug-likeness (QED) is 0.752. The van der Waals surface area contributed by atoms with Crippen LogP contribution in [-0.2, 0) is 4.79 Å². The van der Waals surface area contributed by atoms with E-state index in [1.54, 1.807) is 0 Å². The van der Waals surface area contributed by atoms with Gasteiger partial charge in [-0.25, -0.2) is 0 Å². The molecule has 2 aliphatic rings. The van der Waals surface area contributed by atoms with E-state index in [9.17, 15) is 4.79 Å². The Balaban J connectivity index is 1.81. The Morgan fingerprint density at radius 3 is 2.50 bits per heavy atom. The summed E-state index contributed by atoms with van der Waals surface area (Å²) in [5, 5.41) is 3.25. The number of piperazine rings is 1. The van der Waals surface area contributed by atoms with Crippen molar-refractivity contribution in [3.8, 4) is 0 Å². The third kappa shape index (κ3) is 2.70. The molecule has 1 amide bonds. The van der Waals surface area contributed by atoms with E-state index in [0.29, 0.717) is 11.9 Å². The van der Waals surface area contributed by atoms with Gasteiger partial charge in [-0.3, -0.25) is 15.0 Å². The highest BCUT2D eigenvalue weighted by molar-refractivity contribution is 7.99. The topological polar surface area (TPSA) is 35.6 Å². The van der Waals surface area contributed by atoms with Gasteiger partial charge in [0, 0.05) is 43.9 Å². The molecule has 2 saturated heterocycles. The summed E-state index contributed by atoms with van der Waals surface area (Å²) in [6, 6.07) is 0.660. The van der Waals surface area contributed by atoms with Gasteiger partial charge in [-0.1, -0.05) is 0 Å². The fourth-order valence-corrected chi connectivity index (χ4v) is 3.17. The average Bonchev–Trinajstić information content (AvgIpc) is 2.81. The smallest absolute Gasteiger partial charge is 0.240 e. The van der Waals surface area contributed by atoms with Crippen LogP contribution in [-0.4, -0.2) is 65.6 Å². The van der Waals surface area contributed by atoms with Crippen molar-refractivity contribution in [2.45, 2.75) is 25.9 Å². The second-order valence-corrected chi connectivity index (χ2v) is 5.76. The van der Waals surface area contributed by atoms with Gasteiger partial charge in [0.25, 0.3) is 0 Å². The van der Waals surface area contributed by atoms with E-state index in [1.165, 1.54) is 0 Å². The minimum Gasteiger partial charge on any atom is -0.339 e. The third-order valence-corrected chi connectivity index (χ3v) is 4.31. The summed E-state index contributed by atoms with van der Waals surface area (Å²) in [4.78, 5) is 16.6. The van der Waals surface area contributed by atoms with E-state index in [-0.39, 0.29) is 6.04 Å². The van der Waals surface area contributed by atoms with Gasteiger partial charge in [-0.15, -0.1) is 11.8 Å². The summed E-state index contributed by atoms with van der Waals surface area (Å²) in [6.07, 6.45) is 0. The molecule has 2 fully saturated rings. The maximum absolute atomic E-state index is 12.1. The first kappa shape index (κ1) is 12.2. The molecule has 2 rings (SSSR count). The SMILES string of the molecule is CC(C)N1CCN(C(=O)C2CSCN2)CC1. The van der Waals surface area contributed by atoms with Gasteiger partial charge in [0.15, 0.2) is 0 Å². The summed E-state index contributed by atoms with van der Waals surface area (Å²) in [7, 11) is 0. The van der Waals surface area contributed by atoms with Crippen molar-refractivity contribution < 1.29 is 4.79 Å². The maximum atomic E-state index is 12.1. The molecule has 0 radical (unpaired) electrons. The van der Waals surface area contributed by atoms with Crippen LogP contribution in [0, 0.1) is 0 Å². The first-order valence-corrected chi connectivity index (χ1v) is 7.18. The molecule has 4 nitrogen and oxygen atoms in total. The van der Waals surface area contributed by atoms with Crippen molar-refractivity contribution in [2.24, 2.45) is 0 Å². The number of hydrogen-bond donors (Lipinski definition) is 1. The molecule has 0 saturated carbocycles. The molecule has 2 aliphatic heterocycles. The Bertz CT molecular complexity index is 246. The van der Waals surface area contributed by atoms with Crippen LogP contribution in [0.25, 0.3) is 0 Å². The number of thioether (sulfide) groups is 1. The van der Waals surface area contributed by atoms with E-state index in [4.69, 9.17) is 0 Å². The summed E-state index contributed by atoms with van der Waals surface area (Å²) in [5.74, 6) is 2.15. The Morgan fingerprint density at radius 2 is 2.00 bits per heavy atom. The molecular weight excluding hydrogens is 222 g/mol. The Labute approximate surface area is 102 Å². The highest BCUT2D eigenvalue weighted by Crippen LogP contribution is 2.14. The third-order valence-electron chi connectivity index (χ3n) is 3.37. The van der Waals surface area contributed by atoms with E-state index >= 15 is 0 Å². The van der Waals surface area contributed by atoms with Crippen molar-refractivity contribution in [3.05, 3.63) is 0 Å². The summed E-state index contributed by atoms with van der Waals surface area (Å²) in [5.41, 5.74) is 0. The molecule has 92 valence electrons. The fraction of sp³-hybridized carbons (Fsp3) is 0.909. The molecule has 5 heteroatoms. The highest BCUT2D eigenvalue weighted by Gasteiger charge is 2.29. The predicted octanol–water partition coefficient (Wildman–Crippen LogP) is 0.202. The molecule has 1 atom stereocenters. The number of rotatable bonds is 2. The minimum atomic E-state index is 0.0654. The molecule has 1 unspecified atom stereocenters. The number of amides is 1. The van der Waals surface area contributed by atoms with Crippen LogP contribution >= 0.6 is 11.8 Å². The van der Waals surface area contributed by atoms with Crippen LogP contribution in [0.5, 0.6) is 0 Å². The lowest BCUT2D eigenvalue weighted by Gasteiger charge is -2.37. The Morgan fingerprint density at radius 1 is 1.31 bits per heavy atom. The van der Waals surface area contributed by atoms with E-state index in [0.717, 1.165) is 37.8 Å². The van der Waals surface area contributed by atoms with E-state index < -0.39 is 0 Å². The van der Waals surface area contributed by atoms with Gasteiger partial charge in [0.1, 0.15) is 0 Å². The van der Waals surface area contributed by atoms with Crippen LogP contribution in [0.15, 0.2) is 0 Å². The van der Waals surface area contributed by atoms with Crippen LogP contribution < -0.4 is 5.32 Å². The zero-order valence-electron chi connectivity index (χ0n) is 10.1. The van der Waals surface area contributed by atoms with Crippen molar-refractivity contribution in [3.63, 3.8) is 0 Å². The van der Waals surface area contributed by atoms with Crippen molar-refractivity contribution in [1.82, 2.24) is 15.1 Å². The molecule has 0 bridgehead atoms. The van der Waals surface area contributed by atoms with Gasteiger partial charge >= 0.3 is 0 Å². The number of hydrogen-bond acceptors (Lipinski definition) is 4. The summed E-state index contributed by atoms with van der Waals surface area (Å²) in [6.45, 7) is 8.24. The minimum absolute atomic E-state index is 0.0654. The molecule has 1 N–H and O–H groups in total. The lowest BCUT2D eigenvalue weighted by Crippen LogP contribution is -2.54. The zero-order valence-corrected chi connectivity index (χ0v) is 10.9. The second-order valence-electron chi connectivity index (χ2n) is 4.73. The number of carbonyl (C=O) groups excluding carboxylic acids is 1. The molecule has 0 aromatic rings. The Hall–Kier alpha value is -0.260. The Kier molecular flexibility index (Phi) is 4.10. The van der Waals surface area contributed by atoms with Crippen LogP contribution in [0.2, 0.25) is 0 Å². The summed E-state index contributed by atoms with van der Waals surface area (Å²) < 4.78 is 0. The number of nitrogens with zero attached hydrogens (tertiary/aromatic N) is 2. The molecule has 0 aliphatic carbocycles. The lowest BCUT2D eigenvalue weighted by molar-refractivity contribution is -0.134. The van der Waals surface area contributed by atoms with Crippen LogP contribution in [0.3, 0.4) is 0 Å². The molecule has 0 aromatic carbocycles.